The van der Waals surface area contributed by atoms with Crippen LogP contribution in [0.3, 0.4) is 0 Å². The molecule has 0 aromatic heterocycles. The molecule has 0 spiro atoms. The monoisotopic (exact) mass is 381 g/mol. The van der Waals surface area contributed by atoms with Crippen LogP contribution in [-0.2, 0) is 19.4 Å². The van der Waals surface area contributed by atoms with E-state index in [1.54, 1.807) is 7.11 Å². The van der Waals surface area contributed by atoms with E-state index < -0.39 is 0 Å². The van der Waals surface area contributed by atoms with E-state index in [9.17, 15) is 4.79 Å². The first-order valence-corrected chi connectivity index (χ1v) is 10.2. The van der Waals surface area contributed by atoms with Gasteiger partial charge in [0.05, 0.1) is 7.11 Å². The molecule has 0 bridgehead atoms. The topological polar surface area (TPSA) is 44.8 Å². The Labute approximate surface area is 168 Å². The van der Waals surface area contributed by atoms with Crippen LogP contribution in [0.15, 0.2) is 42.5 Å². The predicted molar refractivity (Wildman–Crippen MR) is 114 cm³/mol. The van der Waals surface area contributed by atoms with Crippen molar-refractivity contribution in [3.8, 4) is 5.75 Å². The fourth-order valence-electron chi connectivity index (χ4n) is 3.79. The Hall–Kier alpha value is -2.69. The number of rotatable bonds is 6. The van der Waals surface area contributed by atoms with Crippen LogP contribution in [0.5, 0.6) is 5.75 Å². The van der Waals surface area contributed by atoms with Gasteiger partial charge in [-0.3, -0.25) is 0 Å². The van der Waals surface area contributed by atoms with E-state index in [2.05, 4.69) is 42.3 Å². The van der Waals surface area contributed by atoms with E-state index in [1.807, 2.05) is 29.2 Å². The summed E-state index contributed by atoms with van der Waals surface area (Å²) in [5.74, 6) is 0.824. The lowest BCUT2D eigenvalue weighted by Crippen LogP contribution is -2.52. The van der Waals surface area contributed by atoms with Crippen molar-refractivity contribution >= 4 is 11.7 Å². The molecule has 0 saturated carbocycles. The van der Waals surface area contributed by atoms with Gasteiger partial charge >= 0.3 is 6.03 Å². The standard InChI is InChI=1S/C23H31N3O2/c1-4-19-7-6-8-20(5-2)22(19)25-13-15-26(16-14-25)23(27)24-17-18-9-11-21(28-3)12-10-18/h6-12H,4-5,13-17H2,1-3H3,(H,24,27). The fourth-order valence-corrected chi connectivity index (χ4v) is 3.79. The zero-order valence-electron chi connectivity index (χ0n) is 17.2. The predicted octanol–water partition coefficient (Wildman–Crippen LogP) is 3.85. The summed E-state index contributed by atoms with van der Waals surface area (Å²) in [6, 6.07) is 14.4. The normalized spacial score (nSPS) is 14.1. The van der Waals surface area contributed by atoms with Gasteiger partial charge in [0.15, 0.2) is 0 Å². The number of methoxy groups -OCH3 is 1. The van der Waals surface area contributed by atoms with Gasteiger partial charge in [-0.25, -0.2) is 4.79 Å². The zero-order chi connectivity index (χ0) is 19.9. The number of nitrogens with zero attached hydrogens (tertiary/aromatic N) is 2. The van der Waals surface area contributed by atoms with Crippen LogP contribution in [0.2, 0.25) is 0 Å². The van der Waals surface area contributed by atoms with Crippen LogP contribution in [0.1, 0.15) is 30.5 Å². The Morgan fingerprint density at radius 1 is 0.964 bits per heavy atom. The molecule has 1 saturated heterocycles. The maximum Gasteiger partial charge on any atom is 0.317 e. The fraction of sp³-hybridized carbons (Fsp3) is 0.435. The number of piperazine rings is 1. The number of ether oxygens (including phenoxy) is 1. The quantitative estimate of drug-likeness (QED) is 0.827. The van der Waals surface area contributed by atoms with Gasteiger partial charge in [-0.15, -0.1) is 0 Å². The number of amides is 2. The maximum absolute atomic E-state index is 12.6. The first-order chi connectivity index (χ1) is 13.7. The Morgan fingerprint density at radius 3 is 2.11 bits per heavy atom. The highest BCUT2D eigenvalue weighted by molar-refractivity contribution is 5.74. The van der Waals surface area contributed by atoms with Crippen LogP contribution in [0, 0.1) is 0 Å². The van der Waals surface area contributed by atoms with Gasteiger partial charge < -0.3 is 19.9 Å². The van der Waals surface area contributed by atoms with Gasteiger partial charge in [-0.1, -0.05) is 44.2 Å². The minimum atomic E-state index is 0.00922. The molecule has 0 unspecified atom stereocenters. The molecule has 1 aliphatic heterocycles. The molecule has 3 rings (SSSR count). The number of anilines is 1. The van der Waals surface area contributed by atoms with E-state index >= 15 is 0 Å². The Morgan fingerprint density at radius 2 is 1.57 bits per heavy atom. The summed E-state index contributed by atoms with van der Waals surface area (Å²) in [5, 5.41) is 3.03. The maximum atomic E-state index is 12.6. The van der Waals surface area contributed by atoms with Crippen LogP contribution in [0.4, 0.5) is 10.5 Å². The molecule has 2 aromatic carbocycles. The molecule has 0 aliphatic carbocycles. The lowest BCUT2D eigenvalue weighted by molar-refractivity contribution is 0.194. The van der Waals surface area contributed by atoms with E-state index in [1.165, 1.54) is 16.8 Å². The number of carbonyl (C=O) groups is 1. The molecule has 0 atom stereocenters. The molecule has 0 radical (unpaired) electrons. The molecule has 150 valence electrons. The average molecular weight is 382 g/mol. The van der Waals surface area contributed by atoms with Crippen molar-refractivity contribution < 1.29 is 9.53 Å². The number of hydrogen-bond donors (Lipinski definition) is 1. The van der Waals surface area contributed by atoms with Gasteiger partial charge in [0.1, 0.15) is 5.75 Å². The largest absolute Gasteiger partial charge is 0.497 e. The molecular weight excluding hydrogens is 350 g/mol. The molecule has 2 amide bonds. The van der Waals surface area contributed by atoms with Crippen molar-refractivity contribution in [1.29, 1.82) is 0 Å². The Bertz CT molecular complexity index is 759. The lowest BCUT2D eigenvalue weighted by atomic mass is 10.0. The molecule has 1 fully saturated rings. The number of urea groups is 1. The van der Waals surface area contributed by atoms with Crippen molar-refractivity contribution in [2.45, 2.75) is 33.2 Å². The third kappa shape index (κ3) is 4.58. The van der Waals surface area contributed by atoms with Crippen molar-refractivity contribution in [3.63, 3.8) is 0 Å². The molecule has 1 heterocycles. The minimum absolute atomic E-state index is 0.00922. The summed E-state index contributed by atoms with van der Waals surface area (Å²) in [6.07, 6.45) is 2.07. The number of hydrogen-bond acceptors (Lipinski definition) is 3. The summed E-state index contributed by atoms with van der Waals surface area (Å²) in [5.41, 5.74) is 5.25. The molecule has 2 aromatic rings. The Balaban J connectivity index is 1.55. The summed E-state index contributed by atoms with van der Waals surface area (Å²) in [6.45, 7) is 8.19. The number of para-hydroxylation sites is 1. The van der Waals surface area contributed by atoms with E-state index in [0.717, 1.165) is 50.3 Å². The zero-order valence-corrected chi connectivity index (χ0v) is 17.2. The van der Waals surface area contributed by atoms with Gasteiger partial charge in [0.2, 0.25) is 0 Å². The van der Waals surface area contributed by atoms with Crippen LogP contribution in [0.25, 0.3) is 0 Å². The third-order valence-electron chi connectivity index (χ3n) is 5.45. The van der Waals surface area contributed by atoms with E-state index in [4.69, 9.17) is 4.74 Å². The number of nitrogens with one attached hydrogen (secondary N) is 1. The van der Waals surface area contributed by atoms with Crippen molar-refractivity contribution in [1.82, 2.24) is 10.2 Å². The molecule has 1 aliphatic rings. The summed E-state index contributed by atoms with van der Waals surface area (Å²) >= 11 is 0. The second-order valence-corrected chi connectivity index (χ2v) is 7.11. The van der Waals surface area contributed by atoms with Gasteiger partial charge in [-0.05, 0) is 41.7 Å². The SMILES string of the molecule is CCc1cccc(CC)c1N1CCN(C(=O)NCc2ccc(OC)cc2)CC1. The molecule has 5 nitrogen and oxygen atoms in total. The molecule has 1 N–H and O–H groups in total. The second kappa shape index (κ2) is 9.49. The smallest absolute Gasteiger partial charge is 0.317 e. The third-order valence-corrected chi connectivity index (χ3v) is 5.45. The van der Waals surface area contributed by atoms with Crippen molar-refractivity contribution in [2.24, 2.45) is 0 Å². The summed E-state index contributed by atoms with van der Waals surface area (Å²) in [7, 11) is 1.65. The van der Waals surface area contributed by atoms with Gasteiger partial charge in [-0.2, -0.15) is 0 Å². The molecular formula is C23H31N3O2. The molecule has 5 heteroatoms. The van der Waals surface area contributed by atoms with E-state index in [0.29, 0.717) is 6.54 Å². The highest BCUT2D eigenvalue weighted by Crippen LogP contribution is 2.28. The Kier molecular flexibility index (Phi) is 6.80. The minimum Gasteiger partial charge on any atom is -0.497 e. The highest BCUT2D eigenvalue weighted by Gasteiger charge is 2.23. The average Bonchev–Trinajstić information content (AvgIpc) is 2.77. The summed E-state index contributed by atoms with van der Waals surface area (Å²) < 4.78 is 5.17. The number of carbonyl (C=O) groups excluding carboxylic acids is 1. The second-order valence-electron chi connectivity index (χ2n) is 7.11. The van der Waals surface area contributed by atoms with Crippen molar-refractivity contribution in [3.05, 3.63) is 59.2 Å². The van der Waals surface area contributed by atoms with Crippen molar-refractivity contribution in [2.75, 3.05) is 38.2 Å². The van der Waals surface area contributed by atoms with Gasteiger partial charge in [0.25, 0.3) is 0 Å². The highest BCUT2D eigenvalue weighted by atomic mass is 16.5. The van der Waals surface area contributed by atoms with E-state index in [-0.39, 0.29) is 6.03 Å². The van der Waals surface area contributed by atoms with Crippen LogP contribution in [-0.4, -0.2) is 44.2 Å². The first-order valence-electron chi connectivity index (χ1n) is 10.2. The molecule has 28 heavy (non-hydrogen) atoms. The lowest BCUT2D eigenvalue weighted by Gasteiger charge is -2.38. The number of benzene rings is 2. The van der Waals surface area contributed by atoms with Crippen LogP contribution < -0.4 is 15.0 Å². The number of aryl methyl sites for hydroxylation is 2. The first kappa shape index (κ1) is 20.1. The summed E-state index contributed by atoms with van der Waals surface area (Å²) in [4.78, 5) is 16.9. The van der Waals surface area contributed by atoms with Crippen LogP contribution >= 0.6 is 0 Å². The van der Waals surface area contributed by atoms with Gasteiger partial charge in [0, 0.05) is 38.4 Å².